The Bertz CT molecular complexity index is 608. The number of Topliss-reactive ketones (excluding diaryl/α,β-unsaturated/α-hetero) is 1. The van der Waals surface area contributed by atoms with Crippen LogP contribution in [0.1, 0.15) is 52.4 Å². The van der Waals surface area contributed by atoms with Gasteiger partial charge in [0.15, 0.2) is 11.6 Å². The molecule has 4 aliphatic rings. The van der Waals surface area contributed by atoms with Gasteiger partial charge < -0.3 is 10.2 Å². The second-order valence-electron chi connectivity index (χ2n) is 8.70. The molecule has 0 aromatic rings. The quantitative estimate of drug-likeness (QED) is 0.717. The van der Waals surface area contributed by atoms with Crippen LogP contribution in [-0.2, 0) is 9.59 Å². The summed E-state index contributed by atoms with van der Waals surface area (Å²) in [6.07, 6.45) is 4.76. The summed E-state index contributed by atoms with van der Waals surface area (Å²) in [6.45, 7) is 4.24. The predicted octanol–water partition coefficient (Wildman–Crippen LogP) is 2.03. The molecule has 126 valence electrons. The van der Waals surface area contributed by atoms with E-state index in [4.69, 9.17) is 0 Å². The van der Waals surface area contributed by atoms with Crippen LogP contribution in [0.4, 0.5) is 0 Å². The van der Waals surface area contributed by atoms with Crippen LogP contribution in [0.3, 0.4) is 0 Å². The fourth-order valence-electron chi connectivity index (χ4n) is 6.41. The monoisotopic (exact) mass is 318 g/mol. The van der Waals surface area contributed by atoms with E-state index in [1.165, 1.54) is 5.57 Å². The average molecular weight is 318 g/mol. The van der Waals surface area contributed by atoms with Crippen LogP contribution in [0.5, 0.6) is 0 Å². The summed E-state index contributed by atoms with van der Waals surface area (Å²) in [4.78, 5) is 24.3. The van der Waals surface area contributed by atoms with Crippen LogP contribution in [0, 0.1) is 28.6 Å². The van der Waals surface area contributed by atoms with Crippen LogP contribution in [0.15, 0.2) is 11.6 Å². The Morgan fingerprint density at radius 2 is 1.78 bits per heavy atom. The molecule has 2 unspecified atom stereocenters. The van der Waals surface area contributed by atoms with Gasteiger partial charge in [-0.3, -0.25) is 9.59 Å². The number of ketones is 2. The third-order valence-electron chi connectivity index (χ3n) is 7.73. The molecular formula is C19H26O4. The van der Waals surface area contributed by atoms with Crippen LogP contribution in [0.25, 0.3) is 0 Å². The third-order valence-corrected chi connectivity index (χ3v) is 7.73. The molecule has 0 amide bonds. The van der Waals surface area contributed by atoms with Crippen LogP contribution < -0.4 is 0 Å². The predicted molar refractivity (Wildman–Crippen MR) is 84.5 cm³/mol. The van der Waals surface area contributed by atoms with Gasteiger partial charge in [-0.15, -0.1) is 0 Å². The molecule has 3 saturated carbocycles. The number of fused-ring (bicyclic) bond motifs is 5. The number of hydrogen-bond donors (Lipinski definition) is 2. The van der Waals surface area contributed by atoms with Crippen molar-refractivity contribution in [2.45, 2.75) is 64.6 Å². The highest BCUT2D eigenvalue weighted by atomic mass is 16.3. The molecule has 0 aromatic carbocycles. The Kier molecular flexibility index (Phi) is 3.21. The van der Waals surface area contributed by atoms with Crippen molar-refractivity contribution in [1.82, 2.24) is 0 Å². The van der Waals surface area contributed by atoms with Gasteiger partial charge in [0.05, 0.1) is 0 Å². The lowest BCUT2D eigenvalue weighted by Crippen LogP contribution is -2.52. The summed E-state index contributed by atoms with van der Waals surface area (Å²) in [7, 11) is 0. The van der Waals surface area contributed by atoms with Crippen LogP contribution in [-0.4, -0.2) is 34.0 Å². The maximum Gasteiger partial charge on any atom is 0.184 e. The minimum absolute atomic E-state index is 0.0336. The zero-order valence-electron chi connectivity index (χ0n) is 13.9. The van der Waals surface area contributed by atoms with Crippen molar-refractivity contribution in [1.29, 1.82) is 0 Å². The van der Waals surface area contributed by atoms with Gasteiger partial charge in [0.25, 0.3) is 0 Å². The summed E-state index contributed by atoms with van der Waals surface area (Å²) in [6, 6.07) is 0. The van der Waals surface area contributed by atoms with E-state index in [1.54, 1.807) is 6.08 Å². The Morgan fingerprint density at radius 1 is 1.04 bits per heavy atom. The Hall–Kier alpha value is -1.00. The van der Waals surface area contributed by atoms with Crippen molar-refractivity contribution in [3.05, 3.63) is 11.6 Å². The largest absolute Gasteiger partial charge is 0.385 e. The van der Waals surface area contributed by atoms with E-state index in [2.05, 4.69) is 6.92 Å². The molecule has 4 rings (SSSR count). The minimum atomic E-state index is -0.883. The number of carbonyl (C=O) groups excluding carboxylic acids is 2. The molecule has 23 heavy (non-hydrogen) atoms. The Morgan fingerprint density at radius 3 is 2.52 bits per heavy atom. The molecule has 2 N–H and O–H groups in total. The van der Waals surface area contributed by atoms with Gasteiger partial charge in [0, 0.05) is 5.41 Å². The molecule has 4 heteroatoms. The van der Waals surface area contributed by atoms with Crippen molar-refractivity contribution in [2.24, 2.45) is 28.6 Å². The molecule has 0 aromatic heterocycles. The van der Waals surface area contributed by atoms with Crippen molar-refractivity contribution < 1.29 is 19.8 Å². The van der Waals surface area contributed by atoms with E-state index in [1.807, 2.05) is 6.92 Å². The molecule has 4 nitrogen and oxygen atoms in total. The summed E-state index contributed by atoms with van der Waals surface area (Å²) in [5.41, 5.74) is 0.692. The van der Waals surface area contributed by atoms with E-state index >= 15 is 0 Å². The molecule has 3 fully saturated rings. The smallest absolute Gasteiger partial charge is 0.184 e. The van der Waals surface area contributed by atoms with Crippen molar-refractivity contribution in [3.8, 4) is 0 Å². The van der Waals surface area contributed by atoms with E-state index in [-0.39, 0.29) is 28.3 Å². The van der Waals surface area contributed by atoms with E-state index in [0.29, 0.717) is 24.7 Å². The lowest BCUT2D eigenvalue weighted by atomic mass is 9.47. The standard InChI is InChI=1S/C19H26O4/c1-18-6-5-12-11(13(18)8-15(21)17(18)23)4-3-10-7-14(20)16(22)9-19(10,12)2/h7,11-13,15-16,21-22H,3-6,8-9H2,1-2H3/t11-,12-,13+,15?,16?,18+,19+/m1/s1. The number of aliphatic hydroxyl groups excluding tert-OH is 2. The van der Waals surface area contributed by atoms with Gasteiger partial charge in [-0.2, -0.15) is 0 Å². The molecule has 0 bridgehead atoms. The van der Waals surface area contributed by atoms with E-state index in [0.717, 1.165) is 25.7 Å². The van der Waals surface area contributed by atoms with Gasteiger partial charge in [-0.1, -0.05) is 19.4 Å². The highest BCUT2D eigenvalue weighted by molar-refractivity contribution is 5.95. The molecule has 4 aliphatic carbocycles. The summed E-state index contributed by atoms with van der Waals surface area (Å²) < 4.78 is 0. The van der Waals surface area contributed by atoms with Gasteiger partial charge >= 0.3 is 0 Å². The summed E-state index contributed by atoms with van der Waals surface area (Å²) >= 11 is 0. The van der Waals surface area contributed by atoms with E-state index < -0.39 is 12.2 Å². The lowest BCUT2D eigenvalue weighted by molar-refractivity contribution is -0.138. The second-order valence-corrected chi connectivity index (χ2v) is 8.70. The molecule has 0 aliphatic heterocycles. The lowest BCUT2D eigenvalue weighted by Gasteiger charge is -2.57. The molecule has 7 atom stereocenters. The van der Waals surface area contributed by atoms with Gasteiger partial charge in [0.2, 0.25) is 0 Å². The maximum atomic E-state index is 12.4. The zero-order valence-corrected chi connectivity index (χ0v) is 13.9. The topological polar surface area (TPSA) is 74.6 Å². The third kappa shape index (κ3) is 1.91. The van der Waals surface area contributed by atoms with E-state index in [9.17, 15) is 19.8 Å². The first-order chi connectivity index (χ1) is 10.8. The number of rotatable bonds is 0. The molecule has 0 spiro atoms. The van der Waals surface area contributed by atoms with Crippen molar-refractivity contribution in [2.75, 3.05) is 0 Å². The first kappa shape index (κ1) is 15.5. The highest BCUT2D eigenvalue weighted by Crippen LogP contribution is 2.64. The Balaban J connectivity index is 1.71. The normalized spacial score (nSPS) is 52.5. The fraction of sp³-hybridized carbons (Fsp3) is 0.789. The molecule has 0 radical (unpaired) electrons. The minimum Gasteiger partial charge on any atom is -0.385 e. The molecule has 0 heterocycles. The average Bonchev–Trinajstić information content (AvgIpc) is 2.73. The van der Waals surface area contributed by atoms with Crippen molar-refractivity contribution in [3.63, 3.8) is 0 Å². The number of hydrogen-bond acceptors (Lipinski definition) is 4. The second kappa shape index (κ2) is 4.76. The van der Waals surface area contributed by atoms with Gasteiger partial charge in [0.1, 0.15) is 12.2 Å². The SMILES string of the molecule is C[C@]12CC(O)C(=O)C=C1CC[C@@H]1[C@H]2CC[C@]2(C)C(=O)C(O)C[C@@H]12. The number of aliphatic hydroxyl groups is 2. The maximum absolute atomic E-state index is 12.4. The van der Waals surface area contributed by atoms with Crippen LogP contribution >= 0.6 is 0 Å². The summed E-state index contributed by atoms with van der Waals surface area (Å²) in [5.74, 6) is 0.949. The first-order valence-electron chi connectivity index (χ1n) is 8.93. The molecule has 0 saturated heterocycles. The van der Waals surface area contributed by atoms with Gasteiger partial charge in [-0.05, 0) is 67.8 Å². The van der Waals surface area contributed by atoms with Gasteiger partial charge in [-0.25, -0.2) is 0 Å². The number of carbonyl (C=O) groups is 2. The molecular weight excluding hydrogens is 292 g/mol. The highest BCUT2D eigenvalue weighted by Gasteiger charge is 2.61. The fourth-order valence-corrected chi connectivity index (χ4v) is 6.41. The van der Waals surface area contributed by atoms with Crippen LogP contribution in [0.2, 0.25) is 0 Å². The Labute approximate surface area is 137 Å². The first-order valence-corrected chi connectivity index (χ1v) is 8.93. The van der Waals surface area contributed by atoms with Crippen molar-refractivity contribution >= 4 is 11.6 Å². The number of allylic oxidation sites excluding steroid dienone is 1. The summed E-state index contributed by atoms with van der Waals surface area (Å²) in [5, 5.41) is 20.2. The zero-order chi connectivity index (χ0) is 16.6.